The largest absolute Gasteiger partial charge is 0.393 e. The minimum absolute atomic E-state index is 0.00616. The van der Waals surface area contributed by atoms with Crippen LogP contribution in [0, 0.1) is 5.92 Å². The molecule has 0 aromatic rings. The highest BCUT2D eigenvalue weighted by Crippen LogP contribution is 2.32. The highest BCUT2D eigenvalue weighted by atomic mass is 19.4. The minimum atomic E-state index is -4.18. The molecule has 1 aliphatic rings. The first-order valence-corrected chi connectivity index (χ1v) is 6.49. The maximum absolute atomic E-state index is 12.5. The maximum atomic E-state index is 12.5. The fourth-order valence-corrected chi connectivity index (χ4v) is 2.07. The number of rotatable bonds is 5. The van der Waals surface area contributed by atoms with Crippen LogP contribution in [0.1, 0.15) is 19.8 Å². The predicted molar refractivity (Wildman–Crippen MR) is 64.7 cm³/mol. The Labute approximate surface area is 111 Å². The summed E-state index contributed by atoms with van der Waals surface area (Å²) in [6, 6.07) is -0.509. The molecule has 7 heteroatoms. The van der Waals surface area contributed by atoms with E-state index >= 15 is 0 Å². The number of nitrogens with one attached hydrogen (secondary N) is 1. The lowest BCUT2D eigenvalue weighted by atomic mass is 9.93. The zero-order valence-corrected chi connectivity index (χ0v) is 11.3. The molecule has 0 aromatic carbocycles. The van der Waals surface area contributed by atoms with Crippen LogP contribution in [0.3, 0.4) is 0 Å². The number of ether oxygens (including phenoxy) is 1. The van der Waals surface area contributed by atoms with Crippen molar-refractivity contribution in [1.29, 1.82) is 0 Å². The molecular weight excluding hydrogens is 261 g/mol. The summed E-state index contributed by atoms with van der Waals surface area (Å²) in [7, 11) is 1.64. The summed E-state index contributed by atoms with van der Waals surface area (Å²) in [5.41, 5.74) is 0. The van der Waals surface area contributed by atoms with Gasteiger partial charge in [0.2, 0.25) is 5.91 Å². The van der Waals surface area contributed by atoms with E-state index in [1.165, 1.54) is 4.90 Å². The Bertz CT molecular complexity index is 289. The van der Waals surface area contributed by atoms with Crippen molar-refractivity contribution in [3.05, 3.63) is 0 Å². The number of carbonyl (C=O) groups is 1. The number of hydrogen-bond acceptors (Lipinski definition) is 3. The Morgan fingerprint density at radius 3 is 2.58 bits per heavy atom. The van der Waals surface area contributed by atoms with Crippen molar-refractivity contribution < 1.29 is 22.7 Å². The highest BCUT2D eigenvalue weighted by Gasteiger charge is 2.42. The zero-order valence-electron chi connectivity index (χ0n) is 11.3. The van der Waals surface area contributed by atoms with Crippen LogP contribution >= 0.6 is 0 Å². The van der Waals surface area contributed by atoms with Crippen molar-refractivity contribution >= 4 is 5.91 Å². The lowest BCUT2D eigenvalue weighted by molar-refractivity contribution is -0.180. The highest BCUT2D eigenvalue weighted by molar-refractivity contribution is 5.81. The second-order valence-corrected chi connectivity index (χ2v) is 4.73. The standard InChI is InChI=1S/C12H21F3N2O2/c1-3-19-7-6-17(2)11(18)10-5-4-9(8-16-10)12(13,14)15/h9-10,16H,3-8H2,1-2H3. The summed E-state index contributed by atoms with van der Waals surface area (Å²) in [5, 5.41) is 2.69. The van der Waals surface area contributed by atoms with Crippen LogP contribution < -0.4 is 5.32 Å². The Morgan fingerprint density at radius 1 is 1.42 bits per heavy atom. The second-order valence-electron chi connectivity index (χ2n) is 4.73. The summed E-state index contributed by atoms with van der Waals surface area (Å²) in [6.45, 7) is 3.15. The molecule has 1 amide bonds. The number of likely N-dealkylation sites (N-methyl/N-ethyl adjacent to an activating group) is 1. The monoisotopic (exact) mass is 282 g/mol. The van der Waals surface area contributed by atoms with Gasteiger partial charge in [0, 0.05) is 26.7 Å². The average Bonchev–Trinajstić information content (AvgIpc) is 2.37. The van der Waals surface area contributed by atoms with Crippen molar-refractivity contribution in [1.82, 2.24) is 10.2 Å². The molecule has 1 saturated heterocycles. The molecule has 112 valence electrons. The van der Waals surface area contributed by atoms with E-state index in [2.05, 4.69) is 5.32 Å². The van der Waals surface area contributed by atoms with E-state index in [-0.39, 0.29) is 25.3 Å². The van der Waals surface area contributed by atoms with Gasteiger partial charge < -0.3 is 15.0 Å². The SMILES string of the molecule is CCOCCN(C)C(=O)C1CCC(C(F)(F)F)CN1. The zero-order chi connectivity index (χ0) is 14.5. The first-order chi connectivity index (χ1) is 8.86. The third kappa shape index (κ3) is 4.99. The Morgan fingerprint density at radius 2 is 2.11 bits per heavy atom. The number of alkyl halides is 3. The fraction of sp³-hybridized carbons (Fsp3) is 0.917. The van der Waals surface area contributed by atoms with E-state index in [4.69, 9.17) is 4.74 Å². The molecule has 2 atom stereocenters. The molecule has 1 aliphatic heterocycles. The number of hydrogen-bond donors (Lipinski definition) is 1. The molecular formula is C12H21F3N2O2. The van der Waals surface area contributed by atoms with Crippen molar-refractivity contribution in [2.24, 2.45) is 5.92 Å². The van der Waals surface area contributed by atoms with Gasteiger partial charge in [0.25, 0.3) is 0 Å². The summed E-state index contributed by atoms with van der Waals surface area (Å²) in [5.74, 6) is -1.51. The van der Waals surface area contributed by atoms with Crippen LogP contribution in [0.25, 0.3) is 0 Å². The molecule has 4 nitrogen and oxygen atoms in total. The number of carbonyl (C=O) groups excluding carboxylic acids is 1. The summed E-state index contributed by atoms with van der Waals surface area (Å²) in [6.07, 6.45) is -3.95. The van der Waals surface area contributed by atoms with E-state index in [1.54, 1.807) is 7.05 Å². The summed E-state index contributed by atoms with van der Waals surface area (Å²) < 4.78 is 42.6. The molecule has 0 spiro atoms. The molecule has 1 N–H and O–H groups in total. The van der Waals surface area contributed by atoms with Gasteiger partial charge in [-0.25, -0.2) is 0 Å². The molecule has 2 unspecified atom stereocenters. The van der Waals surface area contributed by atoms with Gasteiger partial charge in [-0.3, -0.25) is 4.79 Å². The first-order valence-electron chi connectivity index (χ1n) is 6.49. The lowest BCUT2D eigenvalue weighted by Gasteiger charge is -2.32. The predicted octanol–water partition coefficient (Wildman–Crippen LogP) is 1.41. The third-order valence-electron chi connectivity index (χ3n) is 3.33. The maximum Gasteiger partial charge on any atom is 0.393 e. The van der Waals surface area contributed by atoms with Gasteiger partial charge in [0.1, 0.15) is 0 Å². The first kappa shape index (κ1) is 16.2. The fourth-order valence-electron chi connectivity index (χ4n) is 2.07. The van der Waals surface area contributed by atoms with Crippen molar-refractivity contribution in [2.75, 3.05) is 33.4 Å². The van der Waals surface area contributed by atoms with E-state index in [0.717, 1.165) is 0 Å². The molecule has 0 radical (unpaired) electrons. The van der Waals surface area contributed by atoms with Gasteiger partial charge in [-0.1, -0.05) is 0 Å². The van der Waals surface area contributed by atoms with E-state index < -0.39 is 18.1 Å². The van der Waals surface area contributed by atoms with Gasteiger partial charge in [-0.05, 0) is 19.8 Å². The number of nitrogens with zero attached hydrogens (tertiary/aromatic N) is 1. The van der Waals surface area contributed by atoms with Gasteiger partial charge in [0.15, 0.2) is 0 Å². The van der Waals surface area contributed by atoms with Crippen molar-refractivity contribution in [2.45, 2.75) is 32.0 Å². The van der Waals surface area contributed by atoms with Gasteiger partial charge >= 0.3 is 6.18 Å². The second kappa shape index (κ2) is 7.09. The third-order valence-corrected chi connectivity index (χ3v) is 3.33. The molecule has 0 aliphatic carbocycles. The average molecular weight is 282 g/mol. The molecule has 0 bridgehead atoms. The molecule has 1 fully saturated rings. The van der Waals surface area contributed by atoms with E-state index in [0.29, 0.717) is 19.8 Å². The van der Waals surface area contributed by atoms with Crippen LogP contribution in [0.2, 0.25) is 0 Å². The lowest BCUT2D eigenvalue weighted by Crippen LogP contribution is -2.52. The van der Waals surface area contributed by atoms with Crippen molar-refractivity contribution in [3.8, 4) is 0 Å². The summed E-state index contributed by atoms with van der Waals surface area (Å²) >= 11 is 0. The van der Waals surface area contributed by atoms with Gasteiger partial charge in [-0.2, -0.15) is 13.2 Å². The Hall–Kier alpha value is -0.820. The smallest absolute Gasteiger partial charge is 0.380 e. The van der Waals surface area contributed by atoms with Crippen LogP contribution in [-0.4, -0.2) is 56.4 Å². The van der Waals surface area contributed by atoms with Crippen molar-refractivity contribution in [3.63, 3.8) is 0 Å². The van der Waals surface area contributed by atoms with Crippen LogP contribution in [0.4, 0.5) is 13.2 Å². The minimum Gasteiger partial charge on any atom is -0.380 e. The molecule has 0 aromatic heterocycles. The molecule has 0 saturated carbocycles. The number of halogens is 3. The molecule has 19 heavy (non-hydrogen) atoms. The summed E-state index contributed by atoms with van der Waals surface area (Å²) in [4.78, 5) is 13.5. The molecule has 1 heterocycles. The number of piperidine rings is 1. The quantitative estimate of drug-likeness (QED) is 0.775. The Balaban J connectivity index is 2.36. The Kier molecular flexibility index (Phi) is 6.06. The van der Waals surface area contributed by atoms with Crippen LogP contribution in [0.5, 0.6) is 0 Å². The van der Waals surface area contributed by atoms with E-state index in [9.17, 15) is 18.0 Å². The van der Waals surface area contributed by atoms with Crippen LogP contribution in [0.15, 0.2) is 0 Å². The molecule has 1 rings (SSSR count). The van der Waals surface area contributed by atoms with Gasteiger partial charge in [-0.15, -0.1) is 0 Å². The van der Waals surface area contributed by atoms with Crippen LogP contribution in [-0.2, 0) is 9.53 Å². The topological polar surface area (TPSA) is 41.6 Å². The number of amides is 1. The van der Waals surface area contributed by atoms with E-state index in [1.807, 2.05) is 6.92 Å². The van der Waals surface area contributed by atoms with Gasteiger partial charge in [0.05, 0.1) is 18.6 Å². The normalized spacial score (nSPS) is 24.3.